The summed E-state index contributed by atoms with van der Waals surface area (Å²) in [7, 11) is 1.39. The lowest BCUT2D eigenvalue weighted by Crippen LogP contribution is -2.08. The van der Waals surface area contributed by atoms with Gasteiger partial charge in [-0.1, -0.05) is 6.07 Å². The Balaban J connectivity index is 2.39. The second-order valence-electron chi connectivity index (χ2n) is 4.15. The predicted octanol–water partition coefficient (Wildman–Crippen LogP) is 3.36. The van der Waals surface area contributed by atoms with Crippen molar-refractivity contribution in [2.75, 3.05) is 7.11 Å². The largest absolute Gasteiger partial charge is 0.493 e. The van der Waals surface area contributed by atoms with E-state index in [9.17, 15) is 13.2 Å². The van der Waals surface area contributed by atoms with E-state index >= 15 is 0 Å². The first-order valence-corrected chi connectivity index (χ1v) is 6.02. The number of halogens is 3. The minimum Gasteiger partial charge on any atom is -0.493 e. The molecule has 1 heterocycles. The maximum absolute atomic E-state index is 12.9. The Kier molecular flexibility index (Phi) is 4.32. The van der Waals surface area contributed by atoms with Gasteiger partial charge in [-0.15, -0.1) is 0 Å². The van der Waals surface area contributed by atoms with E-state index in [-0.39, 0.29) is 18.0 Å². The van der Waals surface area contributed by atoms with E-state index in [2.05, 4.69) is 4.98 Å². The number of methoxy groups -OCH3 is 1. The highest BCUT2D eigenvalue weighted by molar-refractivity contribution is 5.45. The lowest BCUT2D eigenvalue weighted by atomic mass is 10.2. The minimum atomic E-state index is -4.55. The van der Waals surface area contributed by atoms with E-state index in [1.807, 2.05) is 0 Å². The van der Waals surface area contributed by atoms with Crippen LogP contribution in [0.3, 0.4) is 0 Å². The molecule has 2 N–H and O–H groups in total. The monoisotopic (exact) mass is 298 g/mol. The molecule has 1 aromatic heterocycles. The first-order valence-electron chi connectivity index (χ1n) is 6.02. The van der Waals surface area contributed by atoms with Gasteiger partial charge in [0, 0.05) is 12.7 Å². The molecular formula is C14H13F3N2O2. The average molecular weight is 298 g/mol. The summed E-state index contributed by atoms with van der Waals surface area (Å²) in [4.78, 5) is 3.64. The van der Waals surface area contributed by atoms with Crippen LogP contribution in [-0.4, -0.2) is 12.1 Å². The van der Waals surface area contributed by atoms with Crippen molar-refractivity contribution in [1.82, 2.24) is 4.98 Å². The molecule has 1 aromatic carbocycles. The quantitative estimate of drug-likeness (QED) is 0.940. The molecule has 0 bridgehead atoms. The fourth-order valence-electron chi connectivity index (χ4n) is 1.72. The van der Waals surface area contributed by atoms with Gasteiger partial charge in [0.2, 0.25) is 5.88 Å². The Hall–Kier alpha value is -2.28. The molecule has 21 heavy (non-hydrogen) atoms. The summed E-state index contributed by atoms with van der Waals surface area (Å²) < 4.78 is 49.0. The maximum Gasteiger partial charge on any atom is 0.421 e. The number of hydrogen-bond donors (Lipinski definition) is 1. The van der Waals surface area contributed by atoms with Crippen molar-refractivity contribution >= 4 is 0 Å². The topological polar surface area (TPSA) is 57.4 Å². The van der Waals surface area contributed by atoms with Crippen LogP contribution in [0.25, 0.3) is 0 Å². The lowest BCUT2D eigenvalue weighted by molar-refractivity contribution is -0.138. The van der Waals surface area contributed by atoms with Crippen molar-refractivity contribution in [3.63, 3.8) is 0 Å². The first-order chi connectivity index (χ1) is 9.95. The van der Waals surface area contributed by atoms with E-state index in [0.717, 1.165) is 11.6 Å². The zero-order valence-corrected chi connectivity index (χ0v) is 11.1. The molecule has 2 rings (SSSR count). The maximum atomic E-state index is 12.9. The highest BCUT2D eigenvalue weighted by atomic mass is 19.4. The number of hydrogen-bond acceptors (Lipinski definition) is 4. The summed E-state index contributed by atoms with van der Waals surface area (Å²) in [6.45, 7) is 0.286. The molecule has 0 aliphatic heterocycles. The third kappa shape index (κ3) is 3.43. The van der Waals surface area contributed by atoms with Gasteiger partial charge in [0.05, 0.1) is 7.11 Å². The summed E-state index contributed by atoms with van der Waals surface area (Å²) in [6, 6.07) is 6.85. The smallest absolute Gasteiger partial charge is 0.421 e. The van der Waals surface area contributed by atoms with Crippen molar-refractivity contribution in [2.45, 2.75) is 12.7 Å². The third-order valence-electron chi connectivity index (χ3n) is 2.75. The van der Waals surface area contributed by atoms with Crippen LogP contribution in [-0.2, 0) is 12.7 Å². The number of ether oxygens (including phenoxy) is 2. The van der Waals surface area contributed by atoms with Gasteiger partial charge in [0.15, 0.2) is 11.5 Å². The summed E-state index contributed by atoms with van der Waals surface area (Å²) in [5.41, 5.74) is 5.32. The number of alkyl halides is 3. The van der Waals surface area contributed by atoms with Gasteiger partial charge in [0.1, 0.15) is 5.56 Å². The van der Waals surface area contributed by atoms with Crippen LogP contribution >= 0.6 is 0 Å². The highest BCUT2D eigenvalue weighted by Gasteiger charge is 2.35. The van der Waals surface area contributed by atoms with E-state index in [1.54, 1.807) is 12.1 Å². The number of nitrogens with two attached hydrogens (primary N) is 1. The Bertz CT molecular complexity index is 630. The van der Waals surface area contributed by atoms with Crippen molar-refractivity contribution in [1.29, 1.82) is 0 Å². The van der Waals surface area contributed by atoms with Crippen molar-refractivity contribution in [2.24, 2.45) is 5.73 Å². The van der Waals surface area contributed by atoms with Crippen LogP contribution in [0.1, 0.15) is 11.1 Å². The van der Waals surface area contributed by atoms with Crippen LogP contribution in [0.2, 0.25) is 0 Å². The summed E-state index contributed by atoms with van der Waals surface area (Å²) in [6.07, 6.45) is -3.32. The van der Waals surface area contributed by atoms with Crippen molar-refractivity contribution < 1.29 is 22.6 Å². The SMILES string of the molecule is COc1cc(CN)ccc1Oc1ncccc1C(F)(F)F. The van der Waals surface area contributed by atoms with Gasteiger partial charge in [-0.05, 0) is 29.8 Å². The van der Waals surface area contributed by atoms with Crippen LogP contribution in [0.4, 0.5) is 13.2 Å². The number of pyridine rings is 1. The fourth-order valence-corrected chi connectivity index (χ4v) is 1.72. The van der Waals surface area contributed by atoms with Gasteiger partial charge >= 0.3 is 6.18 Å². The Morgan fingerprint density at radius 2 is 1.95 bits per heavy atom. The van der Waals surface area contributed by atoms with Gasteiger partial charge in [0.25, 0.3) is 0 Å². The van der Waals surface area contributed by atoms with E-state index in [4.69, 9.17) is 15.2 Å². The van der Waals surface area contributed by atoms with E-state index < -0.39 is 17.6 Å². The molecule has 0 saturated carbocycles. The zero-order chi connectivity index (χ0) is 15.5. The average Bonchev–Trinajstić information content (AvgIpc) is 2.47. The van der Waals surface area contributed by atoms with Gasteiger partial charge in [-0.2, -0.15) is 13.2 Å². The van der Waals surface area contributed by atoms with Gasteiger partial charge in [-0.25, -0.2) is 4.98 Å². The summed E-state index contributed by atoms with van der Waals surface area (Å²) in [5.74, 6) is -0.0978. The second kappa shape index (κ2) is 6.01. The van der Waals surface area contributed by atoms with E-state index in [0.29, 0.717) is 0 Å². The molecule has 7 heteroatoms. The Morgan fingerprint density at radius 1 is 1.19 bits per heavy atom. The Morgan fingerprint density at radius 3 is 2.57 bits per heavy atom. The molecule has 0 saturated heterocycles. The standard InChI is InChI=1S/C14H13F3N2O2/c1-20-12-7-9(8-18)4-5-11(12)21-13-10(14(15,16)17)3-2-6-19-13/h2-7H,8,18H2,1H3. The zero-order valence-electron chi connectivity index (χ0n) is 11.1. The molecule has 0 spiro atoms. The molecule has 112 valence electrons. The molecular weight excluding hydrogens is 285 g/mol. The summed E-state index contributed by atoms with van der Waals surface area (Å²) >= 11 is 0. The predicted molar refractivity (Wildman–Crippen MR) is 70.2 cm³/mol. The van der Waals surface area contributed by atoms with Gasteiger partial charge < -0.3 is 15.2 Å². The molecule has 0 unspecified atom stereocenters. The fraction of sp³-hybridized carbons (Fsp3) is 0.214. The molecule has 4 nitrogen and oxygen atoms in total. The molecule has 0 fully saturated rings. The number of rotatable bonds is 4. The van der Waals surface area contributed by atoms with E-state index in [1.165, 1.54) is 25.4 Å². The second-order valence-corrected chi connectivity index (χ2v) is 4.15. The molecule has 0 amide bonds. The molecule has 0 radical (unpaired) electrons. The molecule has 0 aliphatic carbocycles. The Labute approximate surface area is 119 Å². The normalized spacial score (nSPS) is 11.3. The van der Waals surface area contributed by atoms with Crippen LogP contribution in [0.15, 0.2) is 36.5 Å². The van der Waals surface area contributed by atoms with Crippen LogP contribution < -0.4 is 15.2 Å². The van der Waals surface area contributed by atoms with Crippen LogP contribution in [0, 0.1) is 0 Å². The van der Waals surface area contributed by atoms with Crippen molar-refractivity contribution in [3.05, 3.63) is 47.7 Å². The number of nitrogens with zero attached hydrogens (tertiary/aromatic N) is 1. The van der Waals surface area contributed by atoms with Gasteiger partial charge in [-0.3, -0.25) is 0 Å². The minimum absolute atomic E-state index is 0.138. The number of benzene rings is 1. The molecule has 0 atom stereocenters. The van der Waals surface area contributed by atoms with Crippen LogP contribution in [0.5, 0.6) is 17.4 Å². The molecule has 0 aliphatic rings. The third-order valence-corrected chi connectivity index (χ3v) is 2.75. The molecule has 2 aromatic rings. The highest BCUT2D eigenvalue weighted by Crippen LogP contribution is 2.38. The number of aromatic nitrogens is 1. The lowest BCUT2D eigenvalue weighted by Gasteiger charge is -2.14. The first kappa shape index (κ1) is 15.1. The van der Waals surface area contributed by atoms with Crippen molar-refractivity contribution in [3.8, 4) is 17.4 Å². The summed E-state index contributed by atoms with van der Waals surface area (Å²) in [5, 5.41) is 0.